The number of aromatic amines is 1. The van der Waals surface area contributed by atoms with Gasteiger partial charge in [0.05, 0.1) is 11.0 Å². The molecule has 1 fully saturated rings. The van der Waals surface area contributed by atoms with Crippen LogP contribution < -0.4 is 4.90 Å². The van der Waals surface area contributed by atoms with Gasteiger partial charge in [-0.1, -0.05) is 24.3 Å². The van der Waals surface area contributed by atoms with E-state index < -0.39 is 0 Å². The molecule has 110 valence electrons. The summed E-state index contributed by atoms with van der Waals surface area (Å²) in [5, 5.41) is 0. The molecule has 1 amide bonds. The highest BCUT2D eigenvalue weighted by molar-refractivity contribution is 5.96. The lowest BCUT2D eigenvalue weighted by molar-refractivity contribution is -0.117. The summed E-state index contributed by atoms with van der Waals surface area (Å²) in [7, 11) is 0. The average molecular weight is 291 g/mol. The van der Waals surface area contributed by atoms with Gasteiger partial charge >= 0.3 is 0 Å². The Balaban J connectivity index is 1.64. The van der Waals surface area contributed by atoms with Crippen molar-refractivity contribution in [1.82, 2.24) is 9.97 Å². The summed E-state index contributed by atoms with van der Waals surface area (Å²) in [4.78, 5) is 22.2. The number of aromatic nitrogens is 2. The Morgan fingerprint density at radius 2 is 2.05 bits per heavy atom. The fourth-order valence-corrected chi connectivity index (χ4v) is 3.10. The van der Waals surface area contributed by atoms with E-state index in [1.165, 1.54) is 0 Å². The van der Waals surface area contributed by atoms with Crippen LogP contribution in [0, 0.1) is 6.92 Å². The number of hydrogen-bond donors (Lipinski definition) is 1. The molecule has 2 heterocycles. The highest BCUT2D eigenvalue weighted by Crippen LogP contribution is 2.31. The van der Waals surface area contributed by atoms with Crippen molar-refractivity contribution >= 4 is 22.6 Å². The quantitative estimate of drug-likeness (QED) is 0.786. The van der Waals surface area contributed by atoms with Gasteiger partial charge in [0.2, 0.25) is 5.91 Å². The predicted octanol–water partition coefficient (Wildman–Crippen LogP) is 3.39. The lowest BCUT2D eigenvalue weighted by Gasteiger charge is -2.16. The van der Waals surface area contributed by atoms with E-state index in [0.29, 0.717) is 13.0 Å². The summed E-state index contributed by atoms with van der Waals surface area (Å²) >= 11 is 0. The third-order valence-corrected chi connectivity index (χ3v) is 4.23. The lowest BCUT2D eigenvalue weighted by atomic mass is 10.1. The molecular formula is C18H17N3O. The van der Waals surface area contributed by atoms with Crippen molar-refractivity contribution in [3.05, 3.63) is 59.9 Å². The largest absolute Gasteiger partial charge is 0.342 e. The van der Waals surface area contributed by atoms with Crippen LogP contribution in [0.2, 0.25) is 0 Å². The van der Waals surface area contributed by atoms with Gasteiger partial charge in [0.15, 0.2) is 0 Å². The molecule has 1 N–H and O–H groups in total. The molecule has 22 heavy (non-hydrogen) atoms. The Labute approximate surface area is 128 Å². The number of hydrogen-bond acceptors (Lipinski definition) is 2. The van der Waals surface area contributed by atoms with Gasteiger partial charge in [0.25, 0.3) is 0 Å². The Morgan fingerprint density at radius 1 is 1.18 bits per heavy atom. The van der Waals surface area contributed by atoms with E-state index >= 15 is 0 Å². The second-order valence-corrected chi connectivity index (χ2v) is 5.88. The molecule has 1 atom stereocenters. The van der Waals surface area contributed by atoms with Crippen molar-refractivity contribution in [2.75, 3.05) is 11.4 Å². The topological polar surface area (TPSA) is 49.0 Å². The fourth-order valence-electron chi connectivity index (χ4n) is 3.10. The maximum Gasteiger partial charge on any atom is 0.227 e. The van der Waals surface area contributed by atoms with Crippen molar-refractivity contribution in [2.45, 2.75) is 19.3 Å². The summed E-state index contributed by atoms with van der Waals surface area (Å²) in [5.41, 5.74) is 4.12. The van der Waals surface area contributed by atoms with Crippen LogP contribution >= 0.6 is 0 Å². The summed E-state index contributed by atoms with van der Waals surface area (Å²) < 4.78 is 0. The number of benzene rings is 2. The van der Waals surface area contributed by atoms with E-state index in [0.717, 1.165) is 28.1 Å². The first kappa shape index (κ1) is 13.1. The van der Waals surface area contributed by atoms with Gasteiger partial charge in [-0.25, -0.2) is 4.98 Å². The molecular weight excluding hydrogens is 274 g/mol. The molecule has 1 aromatic heterocycles. The molecule has 0 aliphatic carbocycles. The average Bonchev–Trinajstić information content (AvgIpc) is 3.10. The zero-order chi connectivity index (χ0) is 15.1. The van der Waals surface area contributed by atoms with Crippen molar-refractivity contribution in [2.24, 2.45) is 0 Å². The number of carbonyl (C=O) groups is 1. The zero-order valence-electron chi connectivity index (χ0n) is 12.4. The fraction of sp³-hybridized carbons (Fsp3) is 0.222. The van der Waals surface area contributed by atoms with Gasteiger partial charge in [0, 0.05) is 24.6 Å². The molecule has 4 nitrogen and oxygen atoms in total. The molecule has 4 rings (SSSR count). The maximum atomic E-state index is 12.4. The Bertz CT molecular complexity index is 819. The maximum absolute atomic E-state index is 12.4. The van der Waals surface area contributed by atoms with Crippen LogP contribution in [-0.4, -0.2) is 22.4 Å². The van der Waals surface area contributed by atoms with Crippen molar-refractivity contribution in [1.29, 1.82) is 0 Å². The number of fused-ring (bicyclic) bond motifs is 1. The van der Waals surface area contributed by atoms with Crippen LogP contribution in [0.15, 0.2) is 48.5 Å². The summed E-state index contributed by atoms with van der Waals surface area (Å²) in [6, 6.07) is 16.1. The minimum atomic E-state index is 0.125. The van der Waals surface area contributed by atoms with E-state index in [4.69, 9.17) is 0 Å². The number of amides is 1. The molecule has 0 unspecified atom stereocenters. The standard InChI is InChI=1S/C18H17N3O/c1-12-5-4-6-14(9-12)21-11-13(10-17(21)22)18-19-15-7-2-3-8-16(15)20-18/h2-9,13H,10-11H2,1H3,(H,19,20)/t13-/m0/s1. The Kier molecular flexibility index (Phi) is 2.96. The van der Waals surface area contributed by atoms with Crippen LogP contribution in [0.3, 0.4) is 0 Å². The third-order valence-electron chi connectivity index (χ3n) is 4.23. The minimum Gasteiger partial charge on any atom is -0.342 e. The summed E-state index contributed by atoms with van der Waals surface area (Å²) in [6.07, 6.45) is 0.508. The predicted molar refractivity (Wildman–Crippen MR) is 87.0 cm³/mol. The van der Waals surface area contributed by atoms with Crippen LogP contribution in [0.5, 0.6) is 0 Å². The second kappa shape index (κ2) is 4.98. The van der Waals surface area contributed by atoms with Gasteiger partial charge in [-0.3, -0.25) is 4.79 Å². The molecule has 1 saturated heterocycles. The van der Waals surface area contributed by atoms with Crippen molar-refractivity contribution in [3.63, 3.8) is 0 Å². The van der Waals surface area contributed by atoms with Gasteiger partial charge in [-0.05, 0) is 36.8 Å². The van der Waals surface area contributed by atoms with Gasteiger partial charge in [-0.2, -0.15) is 0 Å². The molecule has 0 saturated carbocycles. The van der Waals surface area contributed by atoms with Gasteiger partial charge < -0.3 is 9.88 Å². The van der Waals surface area contributed by atoms with Crippen molar-refractivity contribution < 1.29 is 4.79 Å². The van der Waals surface area contributed by atoms with E-state index in [2.05, 4.69) is 16.0 Å². The van der Waals surface area contributed by atoms with Crippen LogP contribution in [0.1, 0.15) is 23.7 Å². The highest BCUT2D eigenvalue weighted by Gasteiger charge is 2.33. The molecule has 4 heteroatoms. The number of imidazole rings is 1. The van der Waals surface area contributed by atoms with E-state index in [9.17, 15) is 4.79 Å². The number of para-hydroxylation sites is 2. The van der Waals surface area contributed by atoms with Crippen LogP contribution in [-0.2, 0) is 4.79 Å². The van der Waals surface area contributed by atoms with E-state index in [1.54, 1.807) is 0 Å². The third kappa shape index (κ3) is 2.17. The minimum absolute atomic E-state index is 0.125. The molecule has 0 spiro atoms. The molecule has 2 aromatic carbocycles. The monoisotopic (exact) mass is 291 g/mol. The second-order valence-electron chi connectivity index (χ2n) is 5.88. The first-order valence-electron chi connectivity index (χ1n) is 7.52. The number of carbonyl (C=O) groups excluding carboxylic acids is 1. The summed E-state index contributed by atoms with van der Waals surface area (Å²) in [5.74, 6) is 1.20. The van der Waals surface area contributed by atoms with Crippen molar-refractivity contribution in [3.8, 4) is 0 Å². The van der Waals surface area contributed by atoms with E-state index in [-0.39, 0.29) is 11.8 Å². The molecule has 0 radical (unpaired) electrons. The number of anilines is 1. The van der Waals surface area contributed by atoms with Crippen LogP contribution in [0.4, 0.5) is 5.69 Å². The first-order chi connectivity index (χ1) is 10.7. The zero-order valence-corrected chi connectivity index (χ0v) is 12.4. The Hall–Kier alpha value is -2.62. The smallest absolute Gasteiger partial charge is 0.227 e. The molecule has 0 bridgehead atoms. The van der Waals surface area contributed by atoms with E-state index in [1.807, 2.05) is 54.3 Å². The van der Waals surface area contributed by atoms with Crippen LogP contribution in [0.25, 0.3) is 11.0 Å². The summed E-state index contributed by atoms with van der Waals surface area (Å²) in [6.45, 7) is 2.73. The lowest BCUT2D eigenvalue weighted by Crippen LogP contribution is -2.24. The van der Waals surface area contributed by atoms with Gasteiger partial charge in [0.1, 0.15) is 5.82 Å². The Morgan fingerprint density at radius 3 is 2.86 bits per heavy atom. The number of nitrogens with zero attached hydrogens (tertiary/aromatic N) is 2. The normalized spacial score (nSPS) is 18.3. The SMILES string of the molecule is Cc1cccc(N2C[C@@H](c3nc4ccccc4[nH]3)CC2=O)c1. The number of nitrogens with one attached hydrogen (secondary N) is 1. The highest BCUT2D eigenvalue weighted by atomic mass is 16.2. The number of rotatable bonds is 2. The number of aryl methyl sites for hydroxylation is 1. The first-order valence-corrected chi connectivity index (χ1v) is 7.52. The van der Waals surface area contributed by atoms with Gasteiger partial charge in [-0.15, -0.1) is 0 Å². The molecule has 1 aliphatic heterocycles. The number of H-pyrrole nitrogens is 1. The molecule has 1 aliphatic rings. The molecule has 3 aromatic rings.